The molecule has 4 rings (SSSR count). The van der Waals surface area contributed by atoms with Gasteiger partial charge in [-0.15, -0.1) is 5.10 Å². The van der Waals surface area contributed by atoms with E-state index in [4.69, 9.17) is 9.47 Å². The van der Waals surface area contributed by atoms with E-state index in [1.54, 1.807) is 24.3 Å². The second-order valence-electron chi connectivity index (χ2n) is 5.44. The molecule has 0 fully saturated rings. The second kappa shape index (κ2) is 6.60. The average Bonchev–Trinajstić information content (AvgIpc) is 3.07. The number of carbonyl (C=O) groups excluding carboxylic acids is 1. The van der Waals surface area contributed by atoms with Crippen LogP contribution in [0.25, 0.3) is 5.69 Å². The van der Waals surface area contributed by atoms with Crippen molar-refractivity contribution in [2.75, 3.05) is 18.5 Å². The van der Waals surface area contributed by atoms with Crippen LogP contribution in [0.15, 0.2) is 48.8 Å². The largest absolute Gasteiger partial charge is 0.490 e. The van der Waals surface area contributed by atoms with Crippen LogP contribution in [0.4, 0.5) is 5.69 Å². The van der Waals surface area contributed by atoms with Crippen molar-refractivity contribution in [3.05, 3.63) is 54.4 Å². The summed E-state index contributed by atoms with van der Waals surface area (Å²) in [7, 11) is 0. The predicted molar refractivity (Wildman–Crippen MR) is 89.2 cm³/mol. The maximum atomic E-state index is 12.6. The third kappa shape index (κ3) is 3.14. The van der Waals surface area contributed by atoms with Gasteiger partial charge in [0, 0.05) is 12.0 Å². The first kappa shape index (κ1) is 15.1. The topological polar surface area (TPSA) is 91.2 Å². The van der Waals surface area contributed by atoms with E-state index in [0.717, 1.165) is 6.42 Å². The van der Waals surface area contributed by atoms with Crippen molar-refractivity contribution in [2.45, 2.75) is 6.42 Å². The number of hydrogen-bond donors (Lipinski definition) is 1. The first-order chi connectivity index (χ1) is 12.3. The number of ether oxygens (including phenoxy) is 2. The second-order valence-corrected chi connectivity index (χ2v) is 5.44. The number of nitrogens with one attached hydrogen (secondary N) is 1. The minimum atomic E-state index is -0.254. The minimum Gasteiger partial charge on any atom is -0.490 e. The lowest BCUT2D eigenvalue weighted by molar-refractivity contribution is 0.102. The standard InChI is InChI=1S/C17H15N5O3/c23-17(12-6-7-15-16(10-12)25-9-3-8-24-15)19-13-4-1-2-5-14(13)22-11-18-20-21-22/h1-2,4-7,10-11H,3,8-9H2,(H,19,23). The Kier molecular flexibility index (Phi) is 3.99. The molecule has 3 aromatic rings. The molecule has 1 amide bonds. The van der Waals surface area contributed by atoms with Crippen LogP contribution >= 0.6 is 0 Å². The van der Waals surface area contributed by atoms with E-state index in [9.17, 15) is 4.79 Å². The van der Waals surface area contributed by atoms with Crippen molar-refractivity contribution >= 4 is 11.6 Å². The highest BCUT2D eigenvalue weighted by molar-refractivity contribution is 6.05. The first-order valence-corrected chi connectivity index (χ1v) is 7.85. The summed E-state index contributed by atoms with van der Waals surface area (Å²) >= 11 is 0. The quantitative estimate of drug-likeness (QED) is 0.787. The van der Waals surface area contributed by atoms with E-state index >= 15 is 0 Å². The van der Waals surface area contributed by atoms with Crippen molar-refractivity contribution < 1.29 is 14.3 Å². The van der Waals surface area contributed by atoms with Gasteiger partial charge in [-0.3, -0.25) is 4.79 Å². The van der Waals surface area contributed by atoms with Crippen molar-refractivity contribution in [2.24, 2.45) is 0 Å². The van der Waals surface area contributed by atoms with Gasteiger partial charge in [0.15, 0.2) is 11.5 Å². The summed E-state index contributed by atoms with van der Waals surface area (Å²) in [6, 6.07) is 12.4. The van der Waals surface area contributed by atoms with Crippen LogP contribution < -0.4 is 14.8 Å². The molecule has 1 N–H and O–H groups in total. The third-order valence-electron chi connectivity index (χ3n) is 3.76. The Morgan fingerprint density at radius 3 is 2.76 bits per heavy atom. The van der Waals surface area contributed by atoms with Crippen LogP contribution in [0.5, 0.6) is 11.5 Å². The summed E-state index contributed by atoms with van der Waals surface area (Å²) < 4.78 is 12.7. The van der Waals surface area contributed by atoms with Crippen molar-refractivity contribution in [3.63, 3.8) is 0 Å². The highest BCUT2D eigenvalue weighted by Gasteiger charge is 2.15. The molecule has 0 unspecified atom stereocenters. The molecule has 2 heterocycles. The van der Waals surface area contributed by atoms with E-state index in [1.807, 2.05) is 18.2 Å². The van der Waals surface area contributed by atoms with Gasteiger partial charge in [0.25, 0.3) is 5.91 Å². The summed E-state index contributed by atoms with van der Waals surface area (Å²) in [4.78, 5) is 12.6. The summed E-state index contributed by atoms with van der Waals surface area (Å²) in [6.07, 6.45) is 2.29. The molecule has 8 nitrogen and oxygen atoms in total. The van der Waals surface area contributed by atoms with Gasteiger partial charge in [-0.25, -0.2) is 0 Å². The van der Waals surface area contributed by atoms with Gasteiger partial charge in [-0.2, -0.15) is 4.68 Å². The molecule has 0 atom stereocenters. The Hall–Kier alpha value is -3.42. The van der Waals surface area contributed by atoms with Gasteiger partial charge in [0.05, 0.1) is 24.6 Å². The number of nitrogens with zero attached hydrogens (tertiary/aromatic N) is 4. The third-order valence-corrected chi connectivity index (χ3v) is 3.76. The van der Waals surface area contributed by atoms with Gasteiger partial charge in [-0.05, 0) is 40.8 Å². The van der Waals surface area contributed by atoms with Crippen LogP contribution in [0, 0.1) is 0 Å². The van der Waals surface area contributed by atoms with Gasteiger partial charge < -0.3 is 14.8 Å². The molecular weight excluding hydrogens is 322 g/mol. The number of carbonyl (C=O) groups is 1. The number of hydrogen-bond acceptors (Lipinski definition) is 6. The highest BCUT2D eigenvalue weighted by atomic mass is 16.5. The summed E-state index contributed by atoms with van der Waals surface area (Å²) in [5.41, 5.74) is 1.76. The van der Waals surface area contributed by atoms with E-state index in [1.165, 1.54) is 11.0 Å². The number of aromatic nitrogens is 4. The van der Waals surface area contributed by atoms with Crippen molar-refractivity contribution in [3.8, 4) is 17.2 Å². The van der Waals surface area contributed by atoms with Gasteiger partial charge in [-0.1, -0.05) is 12.1 Å². The molecule has 0 aliphatic carbocycles. The number of para-hydroxylation sites is 2. The molecule has 0 saturated heterocycles. The molecule has 0 saturated carbocycles. The Morgan fingerprint density at radius 2 is 1.92 bits per heavy atom. The molecule has 0 bridgehead atoms. The molecule has 0 radical (unpaired) electrons. The monoisotopic (exact) mass is 337 g/mol. The van der Waals surface area contributed by atoms with Crippen LogP contribution in [-0.2, 0) is 0 Å². The molecule has 2 aromatic carbocycles. The highest BCUT2D eigenvalue weighted by Crippen LogP contribution is 2.31. The van der Waals surface area contributed by atoms with E-state index in [-0.39, 0.29) is 5.91 Å². The smallest absolute Gasteiger partial charge is 0.255 e. The average molecular weight is 337 g/mol. The minimum absolute atomic E-state index is 0.254. The van der Waals surface area contributed by atoms with Crippen molar-refractivity contribution in [1.82, 2.24) is 20.2 Å². The fourth-order valence-electron chi connectivity index (χ4n) is 2.55. The normalized spacial score (nSPS) is 13.1. The summed E-state index contributed by atoms with van der Waals surface area (Å²) in [5, 5.41) is 14.0. The number of anilines is 1. The molecule has 0 spiro atoms. The van der Waals surface area contributed by atoms with Crippen LogP contribution in [-0.4, -0.2) is 39.3 Å². The summed E-state index contributed by atoms with van der Waals surface area (Å²) in [6.45, 7) is 1.18. The number of fused-ring (bicyclic) bond motifs is 1. The van der Waals surface area contributed by atoms with E-state index < -0.39 is 0 Å². The lowest BCUT2D eigenvalue weighted by atomic mass is 10.1. The molecule has 1 aliphatic heterocycles. The zero-order valence-corrected chi connectivity index (χ0v) is 13.3. The Balaban J connectivity index is 1.60. The van der Waals surface area contributed by atoms with Crippen molar-refractivity contribution in [1.29, 1.82) is 0 Å². The van der Waals surface area contributed by atoms with Gasteiger partial charge in [0.1, 0.15) is 6.33 Å². The van der Waals surface area contributed by atoms with Gasteiger partial charge >= 0.3 is 0 Å². The zero-order chi connectivity index (χ0) is 17.1. The Morgan fingerprint density at radius 1 is 1.08 bits per heavy atom. The number of amides is 1. The number of benzene rings is 2. The Bertz CT molecular complexity index is 895. The van der Waals surface area contributed by atoms with Gasteiger partial charge in [0.2, 0.25) is 0 Å². The maximum Gasteiger partial charge on any atom is 0.255 e. The lowest BCUT2D eigenvalue weighted by Gasteiger charge is -2.12. The molecule has 1 aliphatic rings. The molecule has 25 heavy (non-hydrogen) atoms. The molecule has 8 heteroatoms. The predicted octanol–water partition coefficient (Wildman–Crippen LogP) is 2.08. The number of tetrazole rings is 1. The molecule has 1 aromatic heterocycles. The fraction of sp³-hybridized carbons (Fsp3) is 0.176. The number of rotatable bonds is 3. The lowest BCUT2D eigenvalue weighted by Crippen LogP contribution is -2.14. The summed E-state index contributed by atoms with van der Waals surface area (Å²) in [5.74, 6) is 0.984. The van der Waals surface area contributed by atoms with Crippen LogP contribution in [0.1, 0.15) is 16.8 Å². The molecule has 126 valence electrons. The van der Waals surface area contributed by atoms with Crippen LogP contribution in [0.2, 0.25) is 0 Å². The molecular formula is C17H15N5O3. The van der Waals surface area contributed by atoms with E-state index in [2.05, 4.69) is 20.8 Å². The maximum absolute atomic E-state index is 12.6. The Labute approximate surface area is 143 Å². The van der Waals surface area contributed by atoms with Crippen LogP contribution in [0.3, 0.4) is 0 Å². The fourth-order valence-corrected chi connectivity index (χ4v) is 2.55. The SMILES string of the molecule is O=C(Nc1ccccc1-n1cnnn1)c1ccc2c(c1)OCCCO2. The van der Waals surface area contributed by atoms with E-state index in [0.29, 0.717) is 41.7 Å². The zero-order valence-electron chi connectivity index (χ0n) is 13.3. The first-order valence-electron chi connectivity index (χ1n) is 7.85.